The molecule has 0 aromatic heterocycles. The van der Waals surface area contributed by atoms with Gasteiger partial charge in [0.2, 0.25) is 34.3 Å². The Labute approximate surface area is 99.6 Å². The molecule has 0 atom stereocenters. The zero-order valence-corrected chi connectivity index (χ0v) is 9.65. The summed E-state index contributed by atoms with van der Waals surface area (Å²) in [7, 11) is 0. The predicted octanol–water partition coefficient (Wildman–Crippen LogP) is 0.410. The number of hydrogen-bond donors (Lipinski definition) is 0. The van der Waals surface area contributed by atoms with Crippen LogP contribution in [0.1, 0.15) is 13.8 Å². The minimum absolute atomic E-state index is 0.576. The summed E-state index contributed by atoms with van der Waals surface area (Å²) in [5.41, 5.74) is 0. The average Bonchev–Trinajstić information content (AvgIpc) is 2.17. The lowest BCUT2D eigenvalue weighted by Gasteiger charge is -2.23. The van der Waals surface area contributed by atoms with Crippen LogP contribution in [-0.2, 0) is 19.2 Å². The Morgan fingerprint density at radius 2 is 0.941 bits per heavy atom. The van der Waals surface area contributed by atoms with Crippen molar-refractivity contribution >= 4 is 36.1 Å². The van der Waals surface area contributed by atoms with Gasteiger partial charge in [0.15, 0.2) is 0 Å². The summed E-state index contributed by atoms with van der Waals surface area (Å²) in [5, 5.41) is 0. The highest BCUT2D eigenvalue weighted by atomic mass is 32.2. The smallest absolute Gasteiger partial charge is 0.211 e. The molecule has 0 radical (unpaired) electrons. The highest BCUT2D eigenvalue weighted by Crippen LogP contribution is 2.39. The van der Waals surface area contributed by atoms with Crippen LogP contribution in [0.3, 0.4) is 0 Å². The number of isocyanates is 4. The molecule has 0 saturated carbocycles. The van der Waals surface area contributed by atoms with E-state index in [4.69, 9.17) is 0 Å². The first-order valence-electron chi connectivity index (χ1n) is 4.01. The van der Waals surface area contributed by atoms with Crippen LogP contribution in [0.15, 0.2) is 20.0 Å². The van der Waals surface area contributed by atoms with E-state index >= 15 is 0 Å². The molecule has 8 nitrogen and oxygen atoms in total. The predicted molar refractivity (Wildman–Crippen MR) is 56.9 cm³/mol. The molecule has 0 N–H and O–H groups in total. The second-order valence-electron chi connectivity index (χ2n) is 2.78. The molecule has 88 valence electrons. The maximum atomic E-state index is 10.2. The number of hydrogen-bond acceptors (Lipinski definition) is 9. The molecular weight excluding hydrogens is 248 g/mol. The lowest BCUT2D eigenvalue weighted by atomic mass is 10.6. The lowest BCUT2D eigenvalue weighted by Crippen LogP contribution is -2.25. The Morgan fingerprint density at radius 1 is 0.706 bits per heavy atom. The first-order chi connectivity index (χ1) is 7.95. The molecule has 17 heavy (non-hydrogen) atoms. The Morgan fingerprint density at radius 3 is 1.12 bits per heavy atom. The van der Waals surface area contributed by atoms with E-state index < -0.39 is 9.99 Å². The molecule has 0 aliphatic carbocycles. The summed E-state index contributed by atoms with van der Waals surface area (Å²) >= 11 is 0.576. The van der Waals surface area contributed by atoms with E-state index in [9.17, 15) is 19.2 Å². The van der Waals surface area contributed by atoms with E-state index in [0.717, 1.165) is 0 Å². The number of rotatable bonds is 6. The van der Waals surface area contributed by atoms with Gasteiger partial charge < -0.3 is 0 Å². The van der Waals surface area contributed by atoms with Crippen molar-refractivity contribution < 1.29 is 19.2 Å². The van der Waals surface area contributed by atoms with Crippen molar-refractivity contribution in [2.45, 2.75) is 23.8 Å². The van der Waals surface area contributed by atoms with Crippen molar-refractivity contribution in [1.29, 1.82) is 0 Å². The van der Waals surface area contributed by atoms with E-state index in [1.807, 2.05) is 0 Å². The number of carbonyl (C=O) groups excluding carboxylic acids is 4. The molecule has 0 rings (SSSR count). The van der Waals surface area contributed by atoms with Gasteiger partial charge >= 0.3 is 0 Å². The fourth-order valence-electron chi connectivity index (χ4n) is 0.846. The van der Waals surface area contributed by atoms with Crippen LogP contribution in [0, 0.1) is 0 Å². The summed E-state index contributed by atoms with van der Waals surface area (Å²) in [6, 6.07) is 0. The van der Waals surface area contributed by atoms with E-state index in [0.29, 0.717) is 11.8 Å². The minimum Gasteiger partial charge on any atom is -0.211 e. The van der Waals surface area contributed by atoms with Crippen molar-refractivity contribution in [3.05, 3.63) is 0 Å². The SMILES string of the molecule is CC(N=C=O)(N=C=O)SC(C)(N=C=O)N=C=O. The molecule has 0 saturated heterocycles. The second-order valence-corrected chi connectivity index (χ2v) is 4.53. The van der Waals surface area contributed by atoms with Crippen molar-refractivity contribution in [2.24, 2.45) is 20.0 Å². The summed E-state index contributed by atoms with van der Waals surface area (Å²) in [5.74, 6) is 0. The normalized spacial score (nSPS) is 15.6. The van der Waals surface area contributed by atoms with Gasteiger partial charge in [-0.3, -0.25) is 0 Å². The average molecular weight is 254 g/mol. The van der Waals surface area contributed by atoms with Gasteiger partial charge in [-0.2, -0.15) is 20.0 Å². The van der Waals surface area contributed by atoms with Crippen molar-refractivity contribution in [2.75, 3.05) is 0 Å². The van der Waals surface area contributed by atoms with Crippen LogP contribution >= 0.6 is 11.8 Å². The van der Waals surface area contributed by atoms with Gasteiger partial charge in [-0.15, -0.1) is 0 Å². The van der Waals surface area contributed by atoms with Gasteiger partial charge in [0.25, 0.3) is 0 Å². The van der Waals surface area contributed by atoms with Crippen molar-refractivity contribution in [3.8, 4) is 0 Å². The highest BCUT2D eigenvalue weighted by molar-refractivity contribution is 8.01. The summed E-state index contributed by atoms with van der Waals surface area (Å²) in [6.45, 7) is 2.51. The van der Waals surface area contributed by atoms with Crippen LogP contribution in [0.25, 0.3) is 0 Å². The molecule has 0 aliphatic rings. The van der Waals surface area contributed by atoms with Crippen LogP contribution in [-0.4, -0.2) is 34.3 Å². The standard InChI is InChI=1S/C8H6N4O4S/c1-7(9-3-13,10-4-14)17-8(2,11-5-15)12-6-16/h1-2H3. The summed E-state index contributed by atoms with van der Waals surface area (Å²) in [6.07, 6.45) is 4.80. The largest absolute Gasteiger partial charge is 0.238 e. The molecule has 0 heterocycles. The fraction of sp³-hybridized carbons (Fsp3) is 0.500. The van der Waals surface area contributed by atoms with Gasteiger partial charge in [0.05, 0.1) is 0 Å². The molecule has 0 aromatic rings. The highest BCUT2D eigenvalue weighted by Gasteiger charge is 2.36. The van der Waals surface area contributed by atoms with E-state index in [-0.39, 0.29) is 0 Å². The third kappa shape index (κ3) is 4.95. The van der Waals surface area contributed by atoms with Crippen molar-refractivity contribution in [1.82, 2.24) is 0 Å². The van der Waals surface area contributed by atoms with Crippen LogP contribution in [0.2, 0.25) is 0 Å². The Kier molecular flexibility index (Phi) is 5.64. The molecule has 0 unspecified atom stereocenters. The van der Waals surface area contributed by atoms with Crippen LogP contribution < -0.4 is 0 Å². The van der Waals surface area contributed by atoms with Crippen molar-refractivity contribution in [3.63, 3.8) is 0 Å². The van der Waals surface area contributed by atoms with Crippen LogP contribution in [0.5, 0.6) is 0 Å². The maximum absolute atomic E-state index is 10.2. The quantitative estimate of drug-likeness (QED) is 0.502. The molecule has 9 heteroatoms. The van der Waals surface area contributed by atoms with E-state index in [1.165, 1.54) is 38.2 Å². The monoisotopic (exact) mass is 254 g/mol. The summed E-state index contributed by atoms with van der Waals surface area (Å²) in [4.78, 5) is 50.4. The number of thioether (sulfide) groups is 1. The zero-order valence-electron chi connectivity index (χ0n) is 8.83. The van der Waals surface area contributed by atoms with Gasteiger partial charge in [0, 0.05) is 0 Å². The van der Waals surface area contributed by atoms with Crippen LogP contribution in [0.4, 0.5) is 0 Å². The third-order valence-corrected chi connectivity index (χ3v) is 2.54. The second kappa shape index (κ2) is 6.45. The first-order valence-corrected chi connectivity index (χ1v) is 4.83. The molecule has 0 aliphatic heterocycles. The zero-order chi connectivity index (χ0) is 13.4. The van der Waals surface area contributed by atoms with Gasteiger partial charge in [-0.05, 0) is 13.8 Å². The molecule has 0 fully saturated rings. The Hall–Kier alpha value is -2.13. The molecule has 0 bridgehead atoms. The molecular formula is C8H6N4O4S. The fourth-order valence-corrected chi connectivity index (χ4v) is 1.91. The molecule has 0 aromatic carbocycles. The molecule has 0 amide bonds. The van der Waals surface area contributed by atoms with Gasteiger partial charge in [-0.25, -0.2) is 19.2 Å². The minimum atomic E-state index is -1.64. The molecule has 0 spiro atoms. The Bertz CT molecular complexity index is 400. The summed E-state index contributed by atoms with van der Waals surface area (Å²) < 4.78 is 0. The first kappa shape index (κ1) is 14.9. The van der Waals surface area contributed by atoms with Gasteiger partial charge in [-0.1, -0.05) is 11.8 Å². The topological polar surface area (TPSA) is 118 Å². The third-order valence-electron chi connectivity index (χ3n) is 1.40. The van der Waals surface area contributed by atoms with E-state index in [2.05, 4.69) is 20.0 Å². The lowest BCUT2D eigenvalue weighted by molar-refractivity contribution is 0.542. The van der Waals surface area contributed by atoms with Gasteiger partial charge in [0.1, 0.15) is 0 Å². The number of nitrogens with zero attached hydrogens (tertiary/aromatic N) is 4. The van der Waals surface area contributed by atoms with E-state index in [1.54, 1.807) is 0 Å². The Balaban J connectivity index is 5.48. The maximum Gasteiger partial charge on any atom is 0.238 e. The number of aliphatic imine (C=N–C) groups is 4.